The molecule has 0 aliphatic heterocycles. The van der Waals surface area contributed by atoms with Gasteiger partial charge in [-0.15, -0.1) is 11.6 Å². The molecule has 1 aliphatic rings. The Balaban J connectivity index is 2.11. The summed E-state index contributed by atoms with van der Waals surface area (Å²) in [6.07, 6.45) is 4.16. The number of rotatable bonds is 3. The van der Waals surface area contributed by atoms with Crippen molar-refractivity contribution in [3.05, 3.63) is 28.2 Å². The zero-order valence-electron chi connectivity index (χ0n) is 10.8. The summed E-state index contributed by atoms with van der Waals surface area (Å²) in [5.41, 5.74) is 0.542. The Labute approximate surface area is 126 Å². The summed E-state index contributed by atoms with van der Waals surface area (Å²) in [5, 5.41) is 3.04. The molecule has 1 fully saturated rings. The van der Waals surface area contributed by atoms with Gasteiger partial charge in [0, 0.05) is 10.5 Å². The normalized spacial score (nSPS) is 22.9. The van der Waals surface area contributed by atoms with Gasteiger partial charge >= 0.3 is 0 Å². The summed E-state index contributed by atoms with van der Waals surface area (Å²) in [5.74, 6) is 0.440. The van der Waals surface area contributed by atoms with E-state index in [-0.39, 0.29) is 17.3 Å². The summed E-state index contributed by atoms with van der Waals surface area (Å²) in [4.78, 5) is 12.3. The molecule has 3 nitrogen and oxygen atoms in total. The van der Waals surface area contributed by atoms with E-state index in [9.17, 15) is 4.79 Å². The number of carbonyl (C=O) groups excluding carboxylic acids is 1. The van der Waals surface area contributed by atoms with E-state index in [4.69, 9.17) is 16.3 Å². The first-order chi connectivity index (χ1) is 9.11. The van der Waals surface area contributed by atoms with Crippen molar-refractivity contribution >= 4 is 33.4 Å². The molecule has 0 spiro atoms. The Bertz CT molecular complexity index is 467. The van der Waals surface area contributed by atoms with Crippen molar-refractivity contribution in [2.45, 2.75) is 37.1 Å². The molecule has 2 rings (SSSR count). The van der Waals surface area contributed by atoms with Crippen LogP contribution in [-0.2, 0) is 0 Å². The predicted molar refractivity (Wildman–Crippen MR) is 80.1 cm³/mol. The van der Waals surface area contributed by atoms with Crippen molar-refractivity contribution in [1.29, 1.82) is 0 Å². The second kappa shape index (κ2) is 6.62. The number of methoxy groups -OCH3 is 1. The molecule has 1 aromatic carbocycles. The van der Waals surface area contributed by atoms with E-state index < -0.39 is 0 Å². The lowest BCUT2D eigenvalue weighted by Crippen LogP contribution is -2.42. The fraction of sp³-hybridized carbons (Fsp3) is 0.500. The fourth-order valence-corrected chi connectivity index (χ4v) is 3.03. The van der Waals surface area contributed by atoms with Crippen LogP contribution < -0.4 is 10.1 Å². The number of alkyl halides is 1. The van der Waals surface area contributed by atoms with Crippen molar-refractivity contribution in [1.82, 2.24) is 5.32 Å². The first-order valence-electron chi connectivity index (χ1n) is 6.40. The Morgan fingerprint density at radius 3 is 2.84 bits per heavy atom. The van der Waals surface area contributed by atoms with Gasteiger partial charge in [-0.05, 0) is 31.0 Å². The van der Waals surface area contributed by atoms with E-state index >= 15 is 0 Å². The highest BCUT2D eigenvalue weighted by Gasteiger charge is 2.25. The highest BCUT2D eigenvalue weighted by molar-refractivity contribution is 9.10. The van der Waals surface area contributed by atoms with Gasteiger partial charge in [0.15, 0.2) is 0 Å². The van der Waals surface area contributed by atoms with Gasteiger partial charge in [-0.25, -0.2) is 0 Å². The number of nitrogens with one attached hydrogen (secondary N) is 1. The minimum Gasteiger partial charge on any atom is -0.496 e. The van der Waals surface area contributed by atoms with Crippen molar-refractivity contribution in [3.63, 3.8) is 0 Å². The van der Waals surface area contributed by atoms with Gasteiger partial charge in [0.05, 0.1) is 18.1 Å². The molecule has 1 amide bonds. The Morgan fingerprint density at radius 2 is 2.16 bits per heavy atom. The summed E-state index contributed by atoms with van der Waals surface area (Å²) in [7, 11) is 1.56. The number of halogens is 2. The minimum absolute atomic E-state index is 0.0270. The van der Waals surface area contributed by atoms with Gasteiger partial charge in [0.2, 0.25) is 0 Å². The van der Waals surface area contributed by atoms with Gasteiger partial charge in [-0.1, -0.05) is 28.8 Å². The smallest absolute Gasteiger partial charge is 0.255 e. The summed E-state index contributed by atoms with van der Waals surface area (Å²) in [6.45, 7) is 0. The van der Waals surface area contributed by atoms with Crippen LogP contribution in [0.5, 0.6) is 5.75 Å². The summed E-state index contributed by atoms with van der Waals surface area (Å²) < 4.78 is 6.12. The molecule has 0 radical (unpaired) electrons. The van der Waals surface area contributed by atoms with E-state index in [1.807, 2.05) is 6.07 Å². The van der Waals surface area contributed by atoms with Gasteiger partial charge in [0.1, 0.15) is 5.75 Å². The van der Waals surface area contributed by atoms with Crippen LogP contribution >= 0.6 is 27.5 Å². The Morgan fingerprint density at radius 1 is 1.42 bits per heavy atom. The van der Waals surface area contributed by atoms with Crippen LogP contribution in [0.4, 0.5) is 0 Å². The molecule has 1 saturated carbocycles. The maximum absolute atomic E-state index is 12.3. The van der Waals surface area contributed by atoms with E-state index in [0.29, 0.717) is 11.3 Å². The lowest BCUT2D eigenvalue weighted by atomic mass is 9.94. The quantitative estimate of drug-likeness (QED) is 0.847. The van der Waals surface area contributed by atoms with Gasteiger partial charge in [0.25, 0.3) is 5.91 Å². The average molecular weight is 347 g/mol. The highest BCUT2D eigenvalue weighted by atomic mass is 79.9. The van der Waals surface area contributed by atoms with Crippen molar-refractivity contribution in [2.75, 3.05) is 7.11 Å². The first kappa shape index (κ1) is 14.7. The van der Waals surface area contributed by atoms with E-state index in [2.05, 4.69) is 21.2 Å². The molecule has 1 aliphatic carbocycles. The monoisotopic (exact) mass is 345 g/mol. The number of ether oxygens (including phenoxy) is 1. The molecular formula is C14H17BrClNO2. The van der Waals surface area contributed by atoms with Crippen molar-refractivity contribution in [3.8, 4) is 5.75 Å². The second-order valence-corrected chi connectivity index (χ2v) is 6.20. The zero-order chi connectivity index (χ0) is 13.8. The second-order valence-electron chi connectivity index (χ2n) is 4.73. The number of benzene rings is 1. The molecule has 0 aromatic heterocycles. The molecule has 0 heterocycles. The van der Waals surface area contributed by atoms with Crippen LogP contribution in [0.3, 0.4) is 0 Å². The topological polar surface area (TPSA) is 38.3 Å². The van der Waals surface area contributed by atoms with Crippen LogP contribution in [0.25, 0.3) is 0 Å². The predicted octanol–water partition coefficient (Wildman–Crippen LogP) is 3.74. The zero-order valence-corrected chi connectivity index (χ0v) is 13.1. The summed E-state index contributed by atoms with van der Waals surface area (Å²) in [6, 6.07) is 5.42. The number of hydrogen-bond acceptors (Lipinski definition) is 2. The molecule has 2 unspecified atom stereocenters. The molecule has 0 bridgehead atoms. The third kappa shape index (κ3) is 3.63. The number of carbonyl (C=O) groups is 1. The van der Waals surface area contributed by atoms with Crippen LogP contribution in [0.15, 0.2) is 22.7 Å². The Kier molecular flexibility index (Phi) is 5.11. The van der Waals surface area contributed by atoms with Crippen LogP contribution in [0.2, 0.25) is 0 Å². The van der Waals surface area contributed by atoms with Gasteiger partial charge in [-0.3, -0.25) is 4.79 Å². The van der Waals surface area contributed by atoms with Crippen molar-refractivity contribution < 1.29 is 9.53 Å². The molecule has 104 valence electrons. The number of hydrogen-bond donors (Lipinski definition) is 1. The third-order valence-corrected chi connectivity index (χ3v) is 4.42. The molecule has 2 atom stereocenters. The van der Waals surface area contributed by atoms with Crippen LogP contribution in [0.1, 0.15) is 36.0 Å². The van der Waals surface area contributed by atoms with Gasteiger partial charge < -0.3 is 10.1 Å². The molecule has 5 heteroatoms. The Hall–Kier alpha value is -0.740. The van der Waals surface area contributed by atoms with Gasteiger partial charge in [-0.2, -0.15) is 0 Å². The van der Waals surface area contributed by atoms with E-state index in [1.54, 1.807) is 19.2 Å². The average Bonchev–Trinajstić information content (AvgIpc) is 2.41. The number of amides is 1. The van der Waals surface area contributed by atoms with E-state index in [0.717, 1.165) is 30.2 Å². The summed E-state index contributed by atoms with van der Waals surface area (Å²) >= 11 is 9.62. The van der Waals surface area contributed by atoms with Crippen molar-refractivity contribution in [2.24, 2.45) is 0 Å². The largest absolute Gasteiger partial charge is 0.496 e. The molecule has 0 saturated heterocycles. The molecule has 1 aromatic rings. The standard InChI is InChI=1S/C14H17BrClNO2/c1-19-13-8-9(15)6-7-10(13)14(18)17-12-5-3-2-4-11(12)16/h6-8,11-12H,2-5H2,1H3,(H,17,18). The lowest BCUT2D eigenvalue weighted by Gasteiger charge is -2.28. The maximum Gasteiger partial charge on any atom is 0.255 e. The lowest BCUT2D eigenvalue weighted by molar-refractivity contribution is 0.0925. The fourth-order valence-electron chi connectivity index (χ4n) is 2.35. The molecule has 19 heavy (non-hydrogen) atoms. The van der Waals surface area contributed by atoms with E-state index in [1.165, 1.54) is 0 Å². The highest BCUT2D eigenvalue weighted by Crippen LogP contribution is 2.26. The molecule has 1 N–H and O–H groups in total. The molecular weight excluding hydrogens is 330 g/mol. The van der Waals surface area contributed by atoms with Crippen LogP contribution in [-0.4, -0.2) is 24.4 Å². The first-order valence-corrected chi connectivity index (χ1v) is 7.63. The maximum atomic E-state index is 12.3. The SMILES string of the molecule is COc1cc(Br)ccc1C(=O)NC1CCCCC1Cl. The third-order valence-electron chi connectivity index (χ3n) is 3.41. The minimum atomic E-state index is -0.123. The van der Waals surface area contributed by atoms with Crippen LogP contribution in [0, 0.1) is 0 Å².